The molecule has 0 spiro atoms. The number of hydrogen-bond donors (Lipinski definition) is 2. The van der Waals surface area contributed by atoms with Crippen LogP contribution in [0.15, 0.2) is 16.8 Å². The van der Waals surface area contributed by atoms with E-state index in [9.17, 15) is 4.79 Å². The minimum Gasteiger partial charge on any atom is -0.480 e. The van der Waals surface area contributed by atoms with Gasteiger partial charge in [-0.1, -0.05) is 0 Å². The van der Waals surface area contributed by atoms with E-state index in [2.05, 4.69) is 11.4 Å². The summed E-state index contributed by atoms with van der Waals surface area (Å²) < 4.78 is -0.429. The van der Waals surface area contributed by atoms with E-state index in [0.29, 0.717) is 0 Å². The lowest BCUT2D eigenvalue weighted by atomic mass is 10.1. The van der Waals surface area contributed by atoms with E-state index in [1.165, 1.54) is 5.56 Å². The largest absolute Gasteiger partial charge is 0.480 e. The van der Waals surface area contributed by atoms with E-state index >= 15 is 0 Å². The van der Waals surface area contributed by atoms with E-state index in [1.807, 2.05) is 19.2 Å². The monoisotopic (exact) mass is 259 g/mol. The van der Waals surface area contributed by atoms with Gasteiger partial charge in [0.1, 0.15) is 6.04 Å². The molecule has 0 radical (unpaired) electrons. The zero-order valence-corrected chi connectivity index (χ0v) is 11.1. The van der Waals surface area contributed by atoms with E-state index in [4.69, 9.17) is 10.8 Å². The summed E-state index contributed by atoms with van der Waals surface area (Å²) in [5, 5.41) is 13.0. The Morgan fingerprint density at radius 3 is 2.88 bits per heavy atom. The first-order chi connectivity index (χ1) is 7.43. The second-order valence-electron chi connectivity index (χ2n) is 4.15. The predicted octanol–water partition coefficient (Wildman–Crippen LogP) is 2.21. The number of carbonyl (C=O) groups is 1. The van der Waals surface area contributed by atoms with Gasteiger partial charge in [0.2, 0.25) is 0 Å². The van der Waals surface area contributed by atoms with Crippen LogP contribution in [0, 0.1) is 0 Å². The van der Waals surface area contributed by atoms with Crippen LogP contribution < -0.4 is 5.73 Å². The summed E-state index contributed by atoms with van der Waals surface area (Å²) in [4.78, 5) is 10.8. The van der Waals surface area contributed by atoms with Gasteiger partial charge in [-0.15, -0.1) is 0 Å². The minimum atomic E-state index is -0.937. The highest BCUT2D eigenvalue weighted by molar-refractivity contribution is 8.00. The van der Waals surface area contributed by atoms with Crippen LogP contribution >= 0.6 is 23.1 Å². The summed E-state index contributed by atoms with van der Waals surface area (Å²) in [6, 6.07) is 1.27. The van der Waals surface area contributed by atoms with Crippen molar-refractivity contribution in [1.29, 1.82) is 0 Å². The van der Waals surface area contributed by atoms with E-state index < -0.39 is 16.8 Å². The SMILES string of the molecule is CC(C)(SCCc1ccsc1)[C@@H](N)C(=O)O. The molecule has 0 fully saturated rings. The Balaban J connectivity index is 2.39. The number of thioether (sulfide) groups is 1. The van der Waals surface area contributed by atoms with E-state index in [1.54, 1.807) is 23.1 Å². The molecule has 0 unspecified atom stereocenters. The van der Waals surface area contributed by atoms with Crippen LogP contribution in [0.2, 0.25) is 0 Å². The second kappa shape index (κ2) is 5.70. The molecule has 5 heteroatoms. The number of aliphatic carboxylic acids is 1. The topological polar surface area (TPSA) is 63.3 Å². The Hall–Kier alpha value is -0.520. The van der Waals surface area contributed by atoms with Gasteiger partial charge in [0, 0.05) is 4.75 Å². The molecule has 0 saturated carbocycles. The summed E-state index contributed by atoms with van der Waals surface area (Å²) in [7, 11) is 0. The number of thiophene rings is 1. The minimum absolute atomic E-state index is 0.429. The molecule has 1 atom stereocenters. The van der Waals surface area contributed by atoms with Crippen LogP contribution in [-0.4, -0.2) is 27.6 Å². The van der Waals surface area contributed by atoms with Gasteiger partial charge in [0.15, 0.2) is 0 Å². The molecular weight excluding hydrogens is 242 g/mol. The van der Waals surface area contributed by atoms with Gasteiger partial charge in [-0.05, 0) is 48.4 Å². The normalized spacial score (nSPS) is 13.7. The van der Waals surface area contributed by atoms with Crippen molar-refractivity contribution in [3.63, 3.8) is 0 Å². The van der Waals surface area contributed by atoms with E-state index in [-0.39, 0.29) is 0 Å². The van der Waals surface area contributed by atoms with Crippen LogP contribution in [-0.2, 0) is 11.2 Å². The molecule has 0 aliphatic heterocycles. The number of hydrogen-bond acceptors (Lipinski definition) is 4. The highest BCUT2D eigenvalue weighted by Crippen LogP contribution is 2.28. The molecule has 1 aromatic rings. The number of rotatable bonds is 6. The van der Waals surface area contributed by atoms with Gasteiger partial charge < -0.3 is 10.8 Å². The highest BCUT2D eigenvalue weighted by Gasteiger charge is 2.32. The fraction of sp³-hybridized carbons (Fsp3) is 0.545. The molecule has 0 aliphatic carbocycles. The fourth-order valence-electron chi connectivity index (χ4n) is 1.25. The summed E-state index contributed by atoms with van der Waals surface area (Å²) >= 11 is 3.29. The molecule has 16 heavy (non-hydrogen) atoms. The lowest BCUT2D eigenvalue weighted by Crippen LogP contribution is -2.46. The average Bonchev–Trinajstić information content (AvgIpc) is 2.69. The maximum absolute atomic E-state index is 10.8. The first-order valence-corrected chi connectivity index (χ1v) is 7.00. The molecular formula is C11H17NO2S2. The number of aryl methyl sites for hydroxylation is 1. The molecule has 1 rings (SSSR count). The van der Waals surface area contributed by atoms with Crippen molar-refractivity contribution in [2.75, 3.05) is 5.75 Å². The van der Waals surface area contributed by atoms with Crippen molar-refractivity contribution in [1.82, 2.24) is 0 Å². The van der Waals surface area contributed by atoms with Crippen molar-refractivity contribution in [2.45, 2.75) is 31.1 Å². The first-order valence-electron chi connectivity index (χ1n) is 5.07. The van der Waals surface area contributed by atoms with Gasteiger partial charge in [-0.3, -0.25) is 4.79 Å². The molecule has 0 aliphatic rings. The van der Waals surface area contributed by atoms with Gasteiger partial charge in [-0.2, -0.15) is 23.1 Å². The molecule has 1 aromatic heterocycles. The Kier molecular flexibility index (Phi) is 4.83. The number of carboxylic acid groups (broad SMARTS) is 1. The molecule has 0 bridgehead atoms. The summed E-state index contributed by atoms with van der Waals surface area (Å²) in [5.74, 6) is -0.0434. The van der Waals surface area contributed by atoms with Gasteiger partial charge >= 0.3 is 5.97 Å². The fourth-order valence-corrected chi connectivity index (χ4v) is 3.10. The maximum Gasteiger partial charge on any atom is 0.321 e. The molecule has 1 heterocycles. The van der Waals surface area contributed by atoms with Crippen molar-refractivity contribution < 1.29 is 9.90 Å². The van der Waals surface area contributed by atoms with Gasteiger partial charge in [-0.25, -0.2) is 0 Å². The number of carboxylic acids is 1. The van der Waals surface area contributed by atoms with Crippen LogP contribution in [0.4, 0.5) is 0 Å². The Labute approximate surface area is 104 Å². The second-order valence-corrected chi connectivity index (χ2v) is 6.68. The standard InChI is InChI=1S/C11H17NO2S2/c1-11(2,9(12)10(13)14)16-6-4-8-3-5-15-7-8/h3,5,7,9H,4,6,12H2,1-2H3,(H,13,14)/t9-/m0/s1. The molecule has 0 amide bonds. The smallest absolute Gasteiger partial charge is 0.321 e. The van der Waals surface area contributed by atoms with E-state index in [0.717, 1.165) is 12.2 Å². The van der Waals surface area contributed by atoms with Crippen LogP contribution in [0.3, 0.4) is 0 Å². The lowest BCUT2D eigenvalue weighted by molar-refractivity contribution is -0.139. The Bertz CT molecular complexity index is 336. The zero-order valence-electron chi connectivity index (χ0n) is 9.47. The summed E-state index contributed by atoms with van der Waals surface area (Å²) in [6.07, 6.45) is 0.962. The lowest BCUT2D eigenvalue weighted by Gasteiger charge is -2.27. The molecule has 0 saturated heterocycles. The number of nitrogens with two attached hydrogens (primary N) is 1. The third-order valence-electron chi connectivity index (χ3n) is 2.46. The van der Waals surface area contributed by atoms with Crippen LogP contribution in [0.25, 0.3) is 0 Å². The predicted molar refractivity (Wildman–Crippen MR) is 70.2 cm³/mol. The average molecular weight is 259 g/mol. The highest BCUT2D eigenvalue weighted by atomic mass is 32.2. The summed E-state index contributed by atoms with van der Waals surface area (Å²) in [6.45, 7) is 3.76. The van der Waals surface area contributed by atoms with Crippen molar-refractivity contribution >= 4 is 29.1 Å². The third-order valence-corrected chi connectivity index (χ3v) is 4.60. The molecule has 3 nitrogen and oxygen atoms in total. The van der Waals surface area contributed by atoms with Crippen molar-refractivity contribution in [3.05, 3.63) is 22.4 Å². The van der Waals surface area contributed by atoms with Gasteiger partial charge in [0.05, 0.1) is 0 Å². The third kappa shape index (κ3) is 3.81. The maximum atomic E-state index is 10.8. The van der Waals surface area contributed by atoms with Crippen molar-refractivity contribution in [3.8, 4) is 0 Å². The Morgan fingerprint density at radius 1 is 1.69 bits per heavy atom. The summed E-state index contributed by atoms with van der Waals surface area (Å²) in [5.41, 5.74) is 6.94. The molecule has 3 N–H and O–H groups in total. The molecule has 0 aromatic carbocycles. The van der Waals surface area contributed by atoms with Crippen LogP contribution in [0.1, 0.15) is 19.4 Å². The Morgan fingerprint density at radius 2 is 2.38 bits per heavy atom. The first kappa shape index (κ1) is 13.5. The quantitative estimate of drug-likeness (QED) is 0.822. The molecule has 90 valence electrons. The zero-order chi connectivity index (χ0) is 12.2. The van der Waals surface area contributed by atoms with Crippen molar-refractivity contribution in [2.24, 2.45) is 5.73 Å². The van der Waals surface area contributed by atoms with Gasteiger partial charge in [0.25, 0.3) is 0 Å². The van der Waals surface area contributed by atoms with Crippen LogP contribution in [0.5, 0.6) is 0 Å².